The number of amides is 1. The fourth-order valence-corrected chi connectivity index (χ4v) is 3.18. The number of piperidine rings is 1. The average molecular weight is 342 g/mol. The minimum atomic E-state index is -0.0512. The molecule has 2 aromatic rings. The maximum Gasteiger partial charge on any atom is 0.291 e. The van der Waals surface area contributed by atoms with E-state index in [0.29, 0.717) is 42.8 Å². The van der Waals surface area contributed by atoms with Gasteiger partial charge in [-0.3, -0.25) is 4.79 Å². The lowest BCUT2D eigenvalue weighted by Crippen LogP contribution is -2.41. The van der Waals surface area contributed by atoms with E-state index in [1.165, 1.54) is 5.56 Å². The Kier molecular flexibility index (Phi) is 5.41. The summed E-state index contributed by atoms with van der Waals surface area (Å²) < 4.78 is 11.5. The maximum atomic E-state index is 12.8. The number of benzene rings is 1. The van der Waals surface area contributed by atoms with E-state index in [-0.39, 0.29) is 5.91 Å². The van der Waals surface area contributed by atoms with Crippen LogP contribution >= 0.6 is 0 Å². The van der Waals surface area contributed by atoms with Gasteiger partial charge in [0.05, 0.1) is 12.3 Å². The molecule has 1 aromatic carbocycles. The van der Waals surface area contributed by atoms with Gasteiger partial charge in [0.25, 0.3) is 5.91 Å². The molecule has 0 saturated carbocycles. The second kappa shape index (κ2) is 7.72. The largest absolute Gasteiger partial charge is 0.493 e. The summed E-state index contributed by atoms with van der Waals surface area (Å²) in [6, 6.07) is 8.07. The van der Waals surface area contributed by atoms with Crippen LogP contribution in [0.2, 0.25) is 0 Å². The molecule has 1 aromatic heterocycles. The third-order valence-electron chi connectivity index (χ3n) is 4.65. The Morgan fingerprint density at radius 2 is 2.08 bits per heavy atom. The SMILES string of the molecule is CCc1nc(C)c(C(=O)N2CCCC(COc3ccc(C)cc3)C2)o1. The van der Waals surface area contributed by atoms with Gasteiger partial charge in [-0.2, -0.15) is 0 Å². The van der Waals surface area contributed by atoms with E-state index in [0.717, 1.165) is 25.1 Å². The monoisotopic (exact) mass is 342 g/mol. The van der Waals surface area contributed by atoms with Crippen molar-refractivity contribution in [3.8, 4) is 5.75 Å². The molecule has 3 rings (SSSR count). The minimum Gasteiger partial charge on any atom is -0.493 e. The van der Waals surface area contributed by atoms with E-state index in [1.807, 2.05) is 43.0 Å². The molecule has 5 nitrogen and oxygen atoms in total. The topological polar surface area (TPSA) is 55.6 Å². The lowest BCUT2D eigenvalue weighted by Gasteiger charge is -2.32. The second-order valence-electron chi connectivity index (χ2n) is 6.76. The van der Waals surface area contributed by atoms with Gasteiger partial charge < -0.3 is 14.1 Å². The first kappa shape index (κ1) is 17.5. The average Bonchev–Trinajstić information content (AvgIpc) is 3.02. The Morgan fingerprint density at radius 3 is 2.76 bits per heavy atom. The van der Waals surface area contributed by atoms with Gasteiger partial charge in [-0.05, 0) is 38.8 Å². The van der Waals surface area contributed by atoms with E-state index < -0.39 is 0 Å². The predicted octanol–water partition coefficient (Wildman–Crippen LogP) is 3.79. The first-order valence-corrected chi connectivity index (χ1v) is 9.02. The molecule has 2 heterocycles. The van der Waals surface area contributed by atoms with Crippen LogP contribution in [0.1, 0.15) is 47.5 Å². The van der Waals surface area contributed by atoms with Gasteiger partial charge in [0.1, 0.15) is 5.75 Å². The third kappa shape index (κ3) is 4.21. The molecule has 1 aliphatic rings. The molecule has 0 spiro atoms. The lowest BCUT2D eigenvalue weighted by molar-refractivity contribution is 0.0599. The van der Waals surface area contributed by atoms with Crippen molar-refractivity contribution >= 4 is 5.91 Å². The first-order chi connectivity index (χ1) is 12.1. The second-order valence-corrected chi connectivity index (χ2v) is 6.76. The van der Waals surface area contributed by atoms with Crippen LogP contribution in [-0.4, -0.2) is 35.5 Å². The molecule has 1 atom stereocenters. The third-order valence-corrected chi connectivity index (χ3v) is 4.65. The number of carbonyl (C=O) groups is 1. The molecule has 0 aliphatic carbocycles. The fraction of sp³-hybridized carbons (Fsp3) is 0.500. The van der Waals surface area contributed by atoms with Crippen molar-refractivity contribution in [3.05, 3.63) is 47.2 Å². The summed E-state index contributed by atoms with van der Waals surface area (Å²) in [6.45, 7) is 7.96. The Balaban J connectivity index is 1.59. The van der Waals surface area contributed by atoms with Gasteiger partial charge in [0, 0.05) is 25.4 Å². The molecule has 0 bridgehead atoms. The number of nitrogens with zero attached hydrogens (tertiary/aromatic N) is 2. The van der Waals surface area contributed by atoms with Crippen LogP contribution in [0.5, 0.6) is 5.75 Å². The summed E-state index contributed by atoms with van der Waals surface area (Å²) in [5.41, 5.74) is 1.90. The smallest absolute Gasteiger partial charge is 0.291 e. The minimum absolute atomic E-state index is 0.0512. The van der Waals surface area contributed by atoms with Crippen LogP contribution in [0.3, 0.4) is 0 Å². The summed E-state index contributed by atoms with van der Waals surface area (Å²) >= 11 is 0. The molecular formula is C20H26N2O3. The van der Waals surface area contributed by atoms with Crippen LogP contribution < -0.4 is 4.74 Å². The van der Waals surface area contributed by atoms with Crippen LogP contribution in [-0.2, 0) is 6.42 Å². The Hall–Kier alpha value is -2.30. The number of oxazole rings is 1. The highest BCUT2D eigenvalue weighted by Gasteiger charge is 2.28. The number of aromatic nitrogens is 1. The fourth-order valence-electron chi connectivity index (χ4n) is 3.18. The number of hydrogen-bond donors (Lipinski definition) is 0. The van der Waals surface area contributed by atoms with E-state index >= 15 is 0 Å². The summed E-state index contributed by atoms with van der Waals surface area (Å²) in [5.74, 6) is 2.18. The summed E-state index contributed by atoms with van der Waals surface area (Å²) in [6.07, 6.45) is 2.76. The first-order valence-electron chi connectivity index (χ1n) is 9.02. The lowest BCUT2D eigenvalue weighted by atomic mass is 9.98. The summed E-state index contributed by atoms with van der Waals surface area (Å²) in [4.78, 5) is 18.9. The molecule has 1 saturated heterocycles. The van der Waals surface area contributed by atoms with Gasteiger partial charge in [-0.15, -0.1) is 0 Å². The van der Waals surface area contributed by atoms with Crippen LogP contribution in [0.4, 0.5) is 0 Å². The van der Waals surface area contributed by atoms with Gasteiger partial charge in [-0.1, -0.05) is 24.6 Å². The number of hydrogen-bond acceptors (Lipinski definition) is 4. The van der Waals surface area contributed by atoms with E-state index in [4.69, 9.17) is 9.15 Å². The molecule has 1 amide bonds. The zero-order valence-corrected chi connectivity index (χ0v) is 15.2. The van der Waals surface area contributed by atoms with Crippen molar-refractivity contribution in [2.45, 2.75) is 40.0 Å². The molecule has 1 unspecified atom stereocenters. The van der Waals surface area contributed by atoms with Crippen molar-refractivity contribution in [3.63, 3.8) is 0 Å². The summed E-state index contributed by atoms with van der Waals surface area (Å²) in [5, 5.41) is 0. The van der Waals surface area contributed by atoms with Crippen molar-refractivity contribution in [1.29, 1.82) is 0 Å². The standard InChI is InChI=1S/C20H26N2O3/c1-4-18-21-15(3)19(25-18)20(23)22-11-5-6-16(12-22)13-24-17-9-7-14(2)8-10-17/h7-10,16H,4-6,11-13H2,1-3H3. The maximum absolute atomic E-state index is 12.8. The molecule has 1 aliphatic heterocycles. The van der Waals surface area contributed by atoms with Crippen molar-refractivity contribution in [2.75, 3.05) is 19.7 Å². The zero-order valence-electron chi connectivity index (χ0n) is 15.2. The molecule has 5 heteroatoms. The van der Waals surface area contributed by atoms with Gasteiger partial charge in [0.2, 0.25) is 5.76 Å². The molecule has 0 radical (unpaired) electrons. The number of carbonyl (C=O) groups excluding carboxylic acids is 1. The van der Waals surface area contributed by atoms with E-state index in [2.05, 4.69) is 11.9 Å². The van der Waals surface area contributed by atoms with Gasteiger partial charge >= 0.3 is 0 Å². The zero-order chi connectivity index (χ0) is 17.8. The molecular weight excluding hydrogens is 316 g/mol. The van der Waals surface area contributed by atoms with Crippen LogP contribution in [0.25, 0.3) is 0 Å². The highest BCUT2D eigenvalue weighted by atomic mass is 16.5. The summed E-state index contributed by atoms with van der Waals surface area (Å²) in [7, 11) is 0. The number of rotatable bonds is 5. The highest BCUT2D eigenvalue weighted by Crippen LogP contribution is 2.22. The molecule has 0 N–H and O–H groups in total. The Morgan fingerprint density at radius 1 is 1.32 bits per heavy atom. The molecule has 134 valence electrons. The highest BCUT2D eigenvalue weighted by molar-refractivity contribution is 5.92. The number of likely N-dealkylation sites (tertiary alicyclic amines) is 1. The van der Waals surface area contributed by atoms with Crippen LogP contribution in [0.15, 0.2) is 28.7 Å². The predicted molar refractivity (Wildman–Crippen MR) is 95.9 cm³/mol. The molecule has 1 fully saturated rings. The van der Waals surface area contributed by atoms with E-state index in [1.54, 1.807) is 0 Å². The van der Waals surface area contributed by atoms with Gasteiger partial charge in [0.15, 0.2) is 5.89 Å². The Bertz CT molecular complexity index is 721. The quantitative estimate of drug-likeness (QED) is 0.830. The van der Waals surface area contributed by atoms with Gasteiger partial charge in [-0.25, -0.2) is 4.98 Å². The van der Waals surface area contributed by atoms with Crippen molar-refractivity contribution < 1.29 is 13.9 Å². The normalized spacial score (nSPS) is 17.6. The van der Waals surface area contributed by atoms with E-state index in [9.17, 15) is 4.79 Å². The number of aryl methyl sites for hydroxylation is 3. The Labute approximate surface area is 149 Å². The van der Waals surface area contributed by atoms with Crippen molar-refractivity contribution in [2.24, 2.45) is 5.92 Å². The van der Waals surface area contributed by atoms with Crippen LogP contribution in [0, 0.1) is 19.8 Å². The van der Waals surface area contributed by atoms with Crippen molar-refractivity contribution in [1.82, 2.24) is 9.88 Å². The number of ether oxygens (including phenoxy) is 1. The molecule has 25 heavy (non-hydrogen) atoms.